The molecular weight excluding hydrogens is 369 g/mol. The Labute approximate surface area is 161 Å². The molecule has 1 aromatic carbocycles. The van der Waals surface area contributed by atoms with Crippen molar-refractivity contribution in [1.29, 1.82) is 0 Å². The van der Waals surface area contributed by atoms with Gasteiger partial charge in [0.15, 0.2) is 5.13 Å². The average molecular weight is 393 g/mol. The number of nitrogens with zero attached hydrogens (tertiary/aromatic N) is 4. The number of thiazole rings is 1. The Bertz CT molecular complexity index is 817. The van der Waals surface area contributed by atoms with Gasteiger partial charge in [0.1, 0.15) is 5.82 Å². The molecule has 3 rings (SSSR count). The summed E-state index contributed by atoms with van der Waals surface area (Å²) in [5.41, 5.74) is 0.678. The molecule has 1 aliphatic rings. The summed E-state index contributed by atoms with van der Waals surface area (Å²) in [7, 11) is 3.53. The lowest BCUT2D eigenvalue weighted by atomic mass is 10.2. The minimum absolute atomic E-state index is 0.120. The maximum absolute atomic E-state index is 13.2. The van der Waals surface area contributed by atoms with Gasteiger partial charge in [-0.15, -0.1) is 0 Å². The summed E-state index contributed by atoms with van der Waals surface area (Å²) in [5.74, 6) is -0.299. The maximum atomic E-state index is 13.2. The first-order valence-corrected chi connectivity index (χ1v) is 9.73. The fourth-order valence-electron chi connectivity index (χ4n) is 2.96. The number of aromatic nitrogens is 1. The van der Waals surface area contributed by atoms with Gasteiger partial charge in [-0.1, -0.05) is 11.3 Å². The lowest BCUT2D eigenvalue weighted by molar-refractivity contribution is -0.129. The number of piperazine rings is 1. The number of nitrogens with one attached hydrogen (secondary N) is 1. The summed E-state index contributed by atoms with van der Waals surface area (Å²) in [6.45, 7) is 4.31. The highest BCUT2D eigenvalue weighted by Crippen LogP contribution is 2.26. The van der Waals surface area contributed by atoms with Crippen LogP contribution in [0.25, 0.3) is 10.2 Å². The van der Waals surface area contributed by atoms with E-state index in [1.807, 2.05) is 0 Å². The van der Waals surface area contributed by atoms with Crippen molar-refractivity contribution in [3.63, 3.8) is 0 Å². The zero-order valence-electron chi connectivity index (χ0n) is 15.6. The molecule has 27 heavy (non-hydrogen) atoms. The van der Waals surface area contributed by atoms with Crippen molar-refractivity contribution in [3.8, 4) is 0 Å². The summed E-state index contributed by atoms with van der Waals surface area (Å²) in [5, 5.41) is 3.29. The van der Waals surface area contributed by atoms with Crippen LogP contribution in [0.15, 0.2) is 18.2 Å². The normalized spacial score (nSPS) is 15.8. The monoisotopic (exact) mass is 393 g/mol. The van der Waals surface area contributed by atoms with E-state index in [9.17, 15) is 14.0 Å². The summed E-state index contributed by atoms with van der Waals surface area (Å²) < 4.78 is 14.0. The molecule has 2 heterocycles. The highest BCUT2D eigenvalue weighted by Gasteiger charge is 2.20. The molecule has 0 unspecified atom stereocenters. The highest BCUT2D eigenvalue weighted by molar-refractivity contribution is 7.22. The molecule has 1 N–H and O–H groups in total. The Balaban J connectivity index is 1.43. The van der Waals surface area contributed by atoms with Crippen LogP contribution in [0.3, 0.4) is 0 Å². The molecular formula is C18H24FN5O2S. The van der Waals surface area contributed by atoms with Gasteiger partial charge in [-0.3, -0.25) is 14.5 Å². The molecule has 1 saturated heterocycles. The summed E-state index contributed by atoms with van der Waals surface area (Å²) in [6.07, 6.45) is 0.520. The summed E-state index contributed by atoms with van der Waals surface area (Å²) >= 11 is 1.27. The van der Waals surface area contributed by atoms with E-state index < -0.39 is 0 Å². The van der Waals surface area contributed by atoms with Crippen LogP contribution in [0, 0.1) is 5.82 Å². The molecule has 0 aliphatic carbocycles. The van der Waals surface area contributed by atoms with Gasteiger partial charge in [-0.25, -0.2) is 9.37 Å². The molecule has 0 radical (unpaired) electrons. The second kappa shape index (κ2) is 8.73. The van der Waals surface area contributed by atoms with Crippen LogP contribution in [0.2, 0.25) is 0 Å². The van der Waals surface area contributed by atoms with E-state index in [2.05, 4.69) is 20.1 Å². The molecule has 1 aromatic heterocycles. The van der Waals surface area contributed by atoms with Crippen molar-refractivity contribution in [2.24, 2.45) is 0 Å². The van der Waals surface area contributed by atoms with E-state index in [-0.39, 0.29) is 17.6 Å². The first kappa shape index (κ1) is 19.7. The molecule has 0 saturated carbocycles. The van der Waals surface area contributed by atoms with Gasteiger partial charge in [-0.05, 0) is 18.2 Å². The van der Waals surface area contributed by atoms with Gasteiger partial charge in [0, 0.05) is 53.2 Å². The third-order valence-electron chi connectivity index (χ3n) is 4.57. The smallest absolute Gasteiger partial charge is 0.240 e. The fourth-order valence-corrected chi connectivity index (χ4v) is 3.87. The minimum Gasteiger partial charge on any atom is -0.349 e. The third kappa shape index (κ3) is 5.44. The molecule has 2 aromatic rings. The number of carbonyl (C=O) groups is 2. The van der Waals surface area contributed by atoms with Crippen LogP contribution in [-0.2, 0) is 9.59 Å². The molecule has 7 nitrogen and oxygen atoms in total. The molecule has 0 atom stereocenters. The van der Waals surface area contributed by atoms with Crippen LogP contribution >= 0.6 is 11.3 Å². The van der Waals surface area contributed by atoms with Gasteiger partial charge < -0.3 is 15.1 Å². The summed E-state index contributed by atoms with van der Waals surface area (Å²) in [6, 6.07) is 4.39. The predicted octanol–water partition coefficient (Wildman–Crippen LogP) is 1.47. The van der Waals surface area contributed by atoms with Crippen molar-refractivity contribution in [3.05, 3.63) is 24.0 Å². The molecule has 9 heteroatoms. The van der Waals surface area contributed by atoms with E-state index in [1.165, 1.54) is 23.5 Å². The number of hydrogen-bond acceptors (Lipinski definition) is 6. The number of rotatable bonds is 6. The van der Waals surface area contributed by atoms with Gasteiger partial charge in [-0.2, -0.15) is 0 Å². The molecule has 146 valence electrons. The van der Waals surface area contributed by atoms with Crippen molar-refractivity contribution < 1.29 is 14.0 Å². The summed E-state index contributed by atoms with van der Waals surface area (Å²) in [4.78, 5) is 34.2. The Hall–Kier alpha value is -2.10. The van der Waals surface area contributed by atoms with Crippen LogP contribution in [-0.4, -0.2) is 84.9 Å². The molecule has 0 bridgehead atoms. The SMILES string of the molecule is CN(C)C(=O)CCN1CCN(CC(=O)Nc2nc3ccc(F)cc3s2)CC1. The lowest BCUT2D eigenvalue weighted by Crippen LogP contribution is -2.49. The van der Waals surface area contributed by atoms with Crippen molar-refractivity contribution >= 4 is 38.5 Å². The first-order chi connectivity index (χ1) is 12.9. The van der Waals surface area contributed by atoms with Gasteiger partial charge in [0.25, 0.3) is 0 Å². The minimum atomic E-state index is -0.311. The largest absolute Gasteiger partial charge is 0.349 e. The lowest BCUT2D eigenvalue weighted by Gasteiger charge is -2.34. The van der Waals surface area contributed by atoms with Crippen molar-refractivity contribution in [2.45, 2.75) is 6.42 Å². The number of halogens is 1. The molecule has 0 spiro atoms. The van der Waals surface area contributed by atoms with Crippen molar-refractivity contribution in [2.75, 3.05) is 58.7 Å². The van der Waals surface area contributed by atoms with E-state index in [0.717, 1.165) is 32.7 Å². The fraction of sp³-hybridized carbons (Fsp3) is 0.500. The number of carbonyl (C=O) groups excluding carboxylic acids is 2. The Kier molecular flexibility index (Phi) is 6.35. The topological polar surface area (TPSA) is 68.8 Å². The zero-order chi connectivity index (χ0) is 19.4. The molecule has 1 fully saturated rings. The van der Waals surface area contributed by atoms with Gasteiger partial charge in [0.05, 0.1) is 16.8 Å². The first-order valence-electron chi connectivity index (χ1n) is 8.91. The Morgan fingerprint density at radius 3 is 2.63 bits per heavy atom. The zero-order valence-corrected chi connectivity index (χ0v) is 16.4. The Morgan fingerprint density at radius 2 is 1.93 bits per heavy atom. The number of fused-ring (bicyclic) bond motifs is 1. The van der Waals surface area contributed by atoms with Gasteiger partial charge >= 0.3 is 0 Å². The average Bonchev–Trinajstić information content (AvgIpc) is 3.01. The highest BCUT2D eigenvalue weighted by atomic mass is 32.1. The molecule has 2 amide bonds. The van der Waals surface area contributed by atoms with Crippen LogP contribution < -0.4 is 5.32 Å². The number of benzene rings is 1. The molecule has 1 aliphatic heterocycles. The quantitative estimate of drug-likeness (QED) is 0.805. The Morgan fingerprint density at radius 1 is 1.22 bits per heavy atom. The van der Waals surface area contributed by atoms with E-state index in [4.69, 9.17) is 0 Å². The van der Waals surface area contributed by atoms with E-state index in [1.54, 1.807) is 25.1 Å². The maximum Gasteiger partial charge on any atom is 0.240 e. The number of amides is 2. The van der Waals surface area contributed by atoms with E-state index in [0.29, 0.717) is 28.3 Å². The predicted molar refractivity (Wildman–Crippen MR) is 104 cm³/mol. The van der Waals surface area contributed by atoms with Crippen LogP contribution in [0.5, 0.6) is 0 Å². The van der Waals surface area contributed by atoms with E-state index >= 15 is 0 Å². The van der Waals surface area contributed by atoms with Crippen LogP contribution in [0.1, 0.15) is 6.42 Å². The standard InChI is InChI=1S/C18H24FN5O2S/c1-22(2)17(26)5-6-23-7-9-24(10-8-23)12-16(25)21-18-20-14-4-3-13(19)11-15(14)27-18/h3-4,11H,5-10,12H2,1-2H3,(H,20,21,25). The number of anilines is 1. The van der Waals surface area contributed by atoms with Crippen molar-refractivity contribution in [1.82, 2.24) is 19.7 Å². The number of hydrogen-bond donors (Lipinski definition) is 1. The second-order valence-electron chi connectivity index (χ2n) is 6.84. The third-order valence-corrected chi connectivity index (χ3v) is 5.50. The van der Waals surface area contributed by atoms with Gasteiger partial charge in [0.2, 0.25) is 11.8 Å². The van der Waals surface area contributed by atoms with Crippen LogP contribution in [0.4, 0.5) is 9.52 Å². The second-order valence-corrected chi connectivity index (χ2v) is 7.87.